The first-order valence-corrected chi connectivity index (χ1v) is 7.46. The Bertz CT molecular complexity index is 816. The van der Waals surface area contributed by atoms with Crippen molar-refractivity contribution in [3.05, 3.63) is 53.1 Å². The third-order valence-electron chi connectivity index (χ3n) is 4.17. The van der Waals surface area contributed by atoms with Gasteiger partial charge in [0.05, 0.1) is 36.2 Å². The maximum atomic E-state index is 13.1. The van der Waals surface area contributed by atoms with Crippen molar-refractivity contribution in [1.82, 2.24) is 14.9 Å². The molecule has 0 spiro atoms. The number of hydrogen-bond donors (Lipinski definition) is 2. The van der Waals surface area contributed by atoms with Crippen LogP contribution in [0.2, 0.25) is 0 Å². The number of hydrogen-bond acceptors (Lipinski definition) is 3. The quantitative estimate of drug-likeness (QED) is 0.884. The number of nitrogens with one attached hydrogen (secondary N) is 1. The Labute approximate surface area is 140 Å². The number of aromatic nitrogens is 2. The number of fused-ring (bicyclic) bond motifs is 1. The number of amides is 1. The monoisotopic (exact) mass is 353 g/mol. The van der Waals surface area contributed by atoms with Gasteiger partial charge in [-0.25, -0.2) is 9.78 Å². The number of carboxylic acid groups (broad SMARTS) is 1. The summed E-state index contributed by atoms with van der Waals surface area (Å²) in [6.07, 6.45) is -3.69. The number of benzene rings is 1. The Morgan fingerprint density at radius 3 is 2.72 bits per heavy atom. The highest BCUT2D eigenvalue weighted by atomic mass is 19.4. The fourth-order valence-corrected chi connectivity index (χ4v) is 2.93. The van der Waals surface area contributed by atoms with Crippen LogP contribution in [0.1, 0.15) is 22.5 Å². The lowest BCUT2D eigenvalue weighted by molar-refractivity contribution is -0.151. The van der Waals surface area contributed by atoms with Gasteiger partial charge in [0, 0.05) is 6.42 Å². The van der Waals surface area contributed by atoms with Gasteiger partial charge >= 0.3 is 12.1 Å². The number of H-pyrrole nitrogens is 1. The first kappa shape index (κ1) is 17.0. The fourth-order valence-electron chi connectivity index (χ4n) is 2.93. The number of nitrogens with zero attached hydrogens (tertiary/aromatic N) is 2. The zero-order valence-electron chi connectivity index (χ0n) is 12.9. The number of carbonyl (C=O) groups is 2. The molecule has 0 fully saturated rings. The summed E-state index contributed by atoms with van der Waals surface area (Å²) >= 11 is 0. The molecule has 1 aromatic carbocycles. The van der Waals surface area contributed by atoms with Crippen molar-refractivity contribution in [2.45, 2.75) is 31.6 Å². The molecule has 0 unspecified atom stereocenters. The maximum Gasteiger partial charge on any atom is 0.416 e. The SMILES string of the molecule is O=C(O)[C@H]1Cc2nc[nH]c2CN1C(=O)Cc1ccccc1C(F)(F)F. The van der Waals surface area contributed by atoms with Crippen LogP contribution in [0.15, 0.2) is 30.6 Å². The van der Waals surface area contributed by atoms with E-state index in [1.807, 2.05) is 0 Å². The summed E-state index contributed by atoms with van der Waals surface area (Å²) in [6.45, 7) is -0.0285. The smallest absolute Gasteiger partial charge is 0.416 e. The minimum atomic E-state index is -4.58. The molecule has 1 atom stereocenters. The molecule has 9 heteroatoms. The van der Waals surface area contributed by atoms with Crippen LogP contribution in [0, 0.1) is 0 Å². The summed E-state index contributed by atoms with van der Waals surface area (Å²) in [4.78, 5) is 31.9. The maximum absolute atomic E-state index is 13.1. The van der Waals surface area contributed by atoms with E-state index in [0.29, 0.717) is 11.4 Å². The van der Waals surface area contributed by atoms with Gasteiger partial charge in [0.1, 0.15) is 6.04 Å². The van der Waals surface area contributed by atoms with Crippen molar-refractivity contribution in [1.29, 1.82) is 0 Å². The average Bonchev–Trinajstić information content (AvgIpc) is 3.00. The normalized spacial score (nSPS) is 17.2. The van der Waals surface area contributed by atoms with Crippen molar-refractivity contribution >= 4 is 11.9 Å². The first-order chi connectivity index (χ1) is 11.8. The van der Waals surface area contributed by atoms with Crippen LogP contribution in [-0.4, -0.2) is 37.9 Å². The molecular weight excluding hydrogens is 339 g/mol. The van der Waals surface area contributed by atoms with Crippen LogP contribution in [0.3, 0.4) is 0 Å². The van der Waals surface area contributed by atoms with Crippen molar-refractivity contribution < 1.29 is 27.9 Å². The van der Waals surface area contributed by atoms with Crippen LogP contribution < -0.4 is 0 Å². The molecule has 1 amide bonds. The molecule has 0 bridgehead atoms. The topological polar surface area (TPSA) is 86.3 Å². The van der Waals surface area contributed by atoms with E-state index in [1.54, 1.807) is 0 Å². The van der Waals surface area contributed by atoms with Gasteiger partial charge in [0.15, 0.2) is 0 Å². The van der Waals surface area contributed by atoms with Crippen LogP contribution in [-0.2, 0) is 35.2 Å². The fraction of sp³-hybridized carbons (Fsp3) is 0.312. The lowest BCUT2D eigenvalue weighted by atomic mass is 9.99. The van der Waals surface area contributed by atoms with Crippen LogP contribution in [0.25, 0.3) is 0 Å². The van der Waals surface area contributed by atoms with Crippen molar-refractivity contribution in [3.63, 3.8) is 0 Å². The van der Waals surface area contributed by atoms with Crippen molar-refractivity contribution in [3.8, 4) is 0 Å². The Hall–Kier alpha value is -2.84. The molecule has 1 aliphatic rings. The van der Waals surface area contributed by atoms with E-state index in [2.05, 4.69) is 9.97 Å². The molecule has 2 heterocycles. The van der Waals surface area contributed by atoms with E-state index >= 15 is 0 Å². The molecule has 0 aliphatic carbocycles. The van der Waals surface area contributed by atoms with Crippen LogP contribution >= 0.6 is 0 Å². The van der Waals surface area contributed by atoms with E-state index in [0.717, 1.165) is 11.0 Å². The van der Waals surface area contributed by atoms with Gasteiger partial charge in [-0.2, -0.15) is 13.2 Å². The third-order valence-corrected chi connectivity index (χ3v) is 4.17. The van der Waals surface area contributed by atoms with Gasteiger partial charge in [-0.05, 0) is 11.6 Å². The molecule has 6 nitrogen and oxygen atoms in total. The highest BCUT2D eigenvalue weighted by Crippen LogP contribution is 2.32. The summed E-state index contributed by atoms with van der Waals surface area (Å²) in [7, 11) is 0. The number of imidazole rings is 1. The Balaban J connectivity index is 1.87. The van der Waals surface area contributed by atoms with Crippen molar-refractivity contribution in [2.75, 3.05) is 0 Å². The molecule has 2 N–H and O–H groups in total. The molecule has 0 saturated carbocycles. The van der Waals surface area contributed by atoms with Gasteiger partial charge in [-0.1, -0.05) is 18.2 Å². The third kappa shape index (κ3) is 3.35. The zero-order valence-corrected chi connectivity index (χ0v) is 12.9. The van der Waals surface area contributed by atoms with Gasteiger partial charge in [-0.15, -0.1) is 0 Å². The van der Waals surface area contributed by atoms with E-state index in [9.17, 15) is 27.9 Å². The molecule has 1 aromatic heterocycles. The second-order valence-corrected chi connectivity index (χ2v) is 5.74. The number of alkyl halides is 3. The van der Waals surface area contributed by atoms with Crippen LogP contribution in [0.4, 0.5) is 13.2 Å². The Morgan fingerprint density at radius 1 is 1.32 bits per heavy atom. The number of aromatic amines is 1. The summed E-state index contributed by atoms with van der Waals surface area (Å²) in [6, 6.07) is 3.63. The molecule has 0 radical (unpaired) electrons. The highest BCUT2D eigenvalue weighted by Gasteiger charge is 2.38. The molecule has 3 rings (SSSR count). The number of rotatable bonds is 3. The molecule has 1 aliphatic heterocycles. The van der Waals surface area contributed by atoms with Gasteiger partial charge in [-0.3, -0.25) is 4.79 Å². The van der Waals surface area contributed by atoms with Crippen LogP contribution in [0.5, 0.6) is 0 Å². The minimum Gasteiger partial charge on any atom is -0.480 e. The number of aliphatic carboxylic acids is 1. The molecule has 132 valence electrons. The van der Waals surface area contributed by atoms with Crippen molar-refractivity contribution in [2.24, 2.45) is 0 Å². The Morgan fingerprint density at radius 2 is 2.04 bits per heavy atom. The molecule has 2 aromatic rings. The largest absolute Gasteiger partial charge is 0.480 e. The van der Waals surface area contributed by atoms with E-state index in [-0.39, 0.29) is 18.5 Å². The standard InChI is InChI=1S/C16H14F3N3O3/c17-16(18,19)10-4-2-1-3-9(10)5-14(23)22-7-12-11(20-8-21-12)6-13(22)15(24)25/h1-4,8,13H,5-7H2,(H,20,21)(H,24,25)/t13-/m1/s1. The van der Waals surface area contributed by atoms with Gasteiger partial charge in [0.25, 0.3) is 0 Å². The molecule has 0 saturated heterocycles. The predicted octanol–water partition coefficient (Wildman–Crippen LogP) is 2.01. The number of carbonyl (C=O) groups excluding carboxylic acids is 1. The summed E-state index contributed by atoms with van der Waals surface area (Å²) in [5.41, 5.74) is 0.0658. The van der Waals surface area contributed by atoms with E-state index in [1.165, 1.54) is 24.5 Å². The van der Waals surface area contributed by atoms with E-state index in [4.69, 9.17) is 0 Å². The second-order valence-electron chi connectivity index (χ2n) is 5.74. The van der Waals surface area contributed by atoms with E-state index < -0.39 is 36.1 Å². The average molecular weight is 353 g/mol. The summed E-state index contributed by atoms with van der Waals surface area (Å²) < 4.78 is 39.2. The molecule has 25 heavy (non-hydrogen) atoms. The number of halogens is 3. The first-order valence-electron chi connectivity index (χ1n) is 7.46. The summed E-state index contributed by atoms with van der Waals surface area (Å²) in [5.74, 6) is -1.89. The second kappa shape index (κ2) is 6.23. The lowest BCUT2D eigenvalue weighted by Gasteiger charge is -2.32. The lowest BCUT2D eigenvalue weighted by Crippen LogP contribution is -2.49. The van der Waals surface area contributed by atoms with Gasteiger partial charge in [0.2, 0.25) is 5.91 Å². The Kier molecular flexibility index (Phi) is 4.23. The van der Waals surface area contributed by atoms with Gasteiger partial charge < -0.3 is 15.0 Å². The zero-order chi connectivity index (χ0) is 18.2. The number of carboxylic acids is 1. The molecular formula is C16H14F3N3O3. The highest BCUT2D eigenvalue weighted by molar-refractivity contribution is 5.85. The predicted molar refractivity (Wildman–Crippen MR) is 79.4 cm³/mol. The summed E-state index contributed by atoms with van der Waals surface area (Å²) in [5, 5.41) is 9.36. The minimum absolute atomic E-state index is 0.0147.